The van der Waals surface area contributed by atoms with Crippen LogP contribution in [0.15, 0.2) is 60.7 Å². The molecule has 3 heteroatoms. The average molecular weight is 378 g/mol. The maximum Gasteiger partial charge on any atom is 0.125 e. The lowest BCUT2D eigenvalue weighted by Gasteiger charge is -2.43. The van der Waals surface area contributed by atoms with E-state index in [4.69, 9.17) is 16.3 Å². The first-order valence-corrected chi connectivity index (χ1v) is 10.3. The molecule has 1 atom stereocenters. The molecule has 2 aliphatic rings. The lowest BCUT2D eigenvalue weighted by atomic mass is 9.84. The summed E-state index contributed by atoms with van der Waals surface area (Å²) in [6.07, 6.45) is 5.72. The van der Waals surface area contributed by atoms with Gasteiger partial charge in [-0.1, -0.05) is 54.1 Å². The van der Waals surface area contributed by atoms with Gasteiger partial charge in [-0.25, -0.2) is 0 Å². The minimum atomic E-state index is -0.0780. The first kappa shape index (κ1) is 17.1. The number of ether oxygens (including phenoxy) is 1. The standard InChI is InChI=1S/C24H24ClNO/c25-20-10-11-22-19(14-20)15-23(24(27-22)12-3-4-13-24)26-16-18-8-5-7-17-6-1-2-9-21(17)18/h1-2,5-11,14,23,26H,3-4,12-13,15-16H2. The van der Waals surface area contributed by atoms with Gasteiger partial charge >= 0.3 is 0 Å². The molecule has 3 aromatic carbocycles. The molecule has 1 N–H and O–H groups in total. The Labute approximate surface area is 165 Å². The van der Waals surface area contributed by atoms with Gasteiger partial charge in [-0.15, -0.1) is 0 Å². The van der Waals surface area contributed by atoms with Crippen molar-refractivity contribution in [2.45, 2.75) is 50.3 Å². The number of hydrogen-bond donors (Lipinski definition) is 1. The molecule has 3 aromatic rings. The van der Waals surface area contributed by atoms with Crippen molar-refractivity contribution in [1.29, 1.82) is 0 Å². The summed E-state index contributed by atoms with van der Waals surface area (Å²) < 4.78 is 6.60. The van der Waals surface area contributed by atoms with E-state index in [0.29, 0.717) is 6.04 Å². The van der Waals surface area contributed by atoms with Crippen molar-refractivity contribution in [3.05, 3.63) is 76.8 Å². The largest absolute Gasteiger partial charge is 0.485 e. The Hall–Kier alpha value is -2.03. The molecule has 138 valence electrons. The minimum absolute atomic E-state index is 0.0780. The van der Waals surface area contributed by atoms with E-state index in [1.165, 1.54) is 34.7 Å². The van der Waals surface area contributed by atoms with Crippen LogP contribution in [0.2, 0.25) is 5.02 Å². The van der Waals surface area contributed by atoms with Gasteiger partial charge in [0.1, 0.15) is 11.4 Å². The third-order valence-corrected chi connectivity index (χ3v) is 6.50. The monoisotopic (exact) mass is 377 g/mol. The third kappa shape index (κ3) is 3.11. The van der Waals surface area contributed by atoms with E-state index in [1.807, 2.05) is 12.1 Å². The number of halogens is 1. The van der Waals surface area contributed by atoms with Crippen LogP contribution >= 0.6 is 11.6 Å². The minimum Gasteiger partial charge on any atom is -0.485 e. The highest BCUT2D eigenvalue weighted by Gasteiger charge is 2.46. The van der Waals surface area contributed by atoms with Crippen molar-refractivity contribution in [2.75, 3.05) is 0 Å². The first-order valence-electron chi connectivity index (χ1n) is 9.91. The number of hydrogen-bond acceptors (Lipinski definition) is 2. The molecule has 0 saturated heterocycles. The smallest absolute Gasteiger partial charge is 0.125 e. The first-order chi connectivity index (χ1) is 13.2. The predicted octanol–water partition coefficient (Wildman–Crippen LogP) is 5.90. The van der Waals surface area contributed by atoms with E-state index in [1.54, 1.807) is 0 Å². The van der Waals surface area contributed by atoms with Crippen molar-refractivity contribution < 1.29 is 4.74 Å². The average Bonchev–Trinajstić information content (AvgIpc) is 3.16. The number of nitrogens with one attached hydrogen (secondary N) is 1. The van der Waals surface area contributed by atoms with Crippen molar-refractivity contribution in [3.8, 4) is 5.75 Å². The topological polar surface area (TPSA) is 21.3 Å². The molecule has 1 aliphatic carbocycles. The molecule has 0 radical (unpaired) electrons. The summed E-state index contributed by atoms with van der Waals surface area (Å²) in [5.41, 5.74) is 2.49. The highest BCUT2D eigenvalue weighted by Crippen LogP contribution is 2.43. The van der Waals surface area contributed by atoms with E-state index >= 15 is 0 Å². The van der Waals surface area contributed by atoms with Gasteiger partial charge in [-0.3, -0.25) is 0 Å². The second kappa shape index (κ2) is 6.85. The molecule has 1 fully saturated rings. The fourth-order valence-corrected chi connectivity index (χ4v) is 5.06. The Kier molecular flexibility index (Phi) is 4.34. The van der Waals surface area contributed by atoms with Crippen molar-refractivity contribution >= 4 is 22.4 Å². The van der Waals surface area contributed by atoms with Gasteiger partial charge < -0.3 is 10.1 Å². The SMILES string of the molecule is Clc1ccc2c(c1)CC(NCc1cccc3ccccc13)C1(CCCC1)O2. The Morgan fingerprint density at radius 1 is 1.00 bits per heavy atom. The van der Waals surface area contributed by atoms with Crippen LogP contribution in [0.4, 0.5) is 0 Å². The van der Waals surface area contributed by atoms with Crippen molar-refractivity contribution in [1.82, 2.24) is 5.32 Å². The molecule has 1 heterocycles. The summed E-state index contributed by atoms with van der Waals surface area (Å²) in [4.78, 5) is 0. The Morgan fingerprint density at radius 2 is 1.81 bits per heavy atom. The van der Waals surface area contributed by atoms with E-state index in [0.717, 1.165) is 36.6 Å². The molecule has 0 bridgehead atoms. The van der Waals surface area contributed by atoms with Gasteiger partial charge in [-0.05, 0) is 72.2 Å². The molecule has 1 saturated carbocycles. The molecule has 5 rings (SSSR count). The summed E-state index contributed by atoms with van der Waals surface area (Å²) >= 11 is 6.24. The zero-order valence-electron chi connectivity index (χ0n) is 15.4. The molecule has 0 aromatic heterocycles. The maximum absolute atomic E-state index is 6.60. The van der Waals surface area contributed by atoms with Crippen LogP contribution in [-0.4, -0.2) is 11.6 Å². The quantitative estimate of drug-likeness (QED) is 0.613. The molecule has 1 spiro atoms. The predicted molar refractivity (Wildman–Crippen MR) is 112 cm³/mol. The molecular formula is C24H24ClNO. The Bertz CT molecular complexity index is 972. The van der Waals surface area contributed by atoms with Gasteiger partial charge in [0.25, 0.3) is 0 Å². The third-order valence-electron chi connectivity index (χ3n) is 6.26. The second-order valence-electron chi connectivity index (χ2n) is 7.90. The lowest BCUT2D eigenvalue weighted by molar-refractivity contribution is 0.0190. The zero-order chi connectivity index (χ0) is 18.3. The molecule has 2 nitrogen and oxygen atoms in total. The fraction of sp³-hybridized carbons (Fsp3) is 0.333. The van der Waals surface area contributed by atoms with E-state index in [2.05, 4.69) is 53.8 Å². The van der Waals surface area contributed by atoms with Crippen LogP contribution < -0.4 is 10.1 Å². The normalized spacial score (nSPS) is 20.6. The molecular weight excluding hydrogens is 354 g/mol. The Balaban J connectivity index is 1.44. The second-order valence-corrected chi connectivity index (χ2v) is 8.34. The van der Waals surface area contributed by atoms with Crippen molar-refractivity contribution in [3.63, 3.8) is 0 Å². The summed E-state index contributed by atoms with van der Waals surface area (Å²) in [6, 6.07) is 21.5. The molecule has 1 aliphatic heterocycles. The van der Waals surface area contributed by atoms with Crippen molar-refractivity contribution in [2.24, 2.45) is 0 Å². The summed E-state index contributed by atoms with van der Waals surface area (Å²) in [6.45, 7) is 0.854. The Morgan fingerprint density at radius 3 is 2.70 bits per heavy atom. The van der Waals surface area contributed by atoms with Crippen LogP contribution in [0.3, 0.4) is 0 Å². The summed E-state index contributed by atoms with van der Waals surface area (Å²) in [7, 11) is 0. The molecule has 27 heavy (non-hydrogen) atoms. The van der Waals surface area contributed by atoms with Gasteiger partial charge in [0.15, 0.2) is 0 Å². The van der Waals surface area contributed by atoms with Gasteiger partial charge in [0.2, 0.25) is 0 Å². The van der Waals surface area contributed by atoms with Crippen LogP contribution in [0, 0.1) is 0 Å². The highest BCUT2D eigenvalue weighted by molar-refractivity contribution is 6.30. The lowest BCUT2D eigenvalue weighted by Crippen LogP contribution is -2.56. The molecule has 1 unspecified atom stereocenters. The van der Waals surface area contributed by atoms with Crippen LogP contribution in [-0.2, 0) is 13.0 Å². The zero-order valence-corrected chi connectivity index (χ0v) is 16.1. The number of rotatable bonds is 3. The van der Waals surface area contributed by atoms with E-state index in [-0.39, 0.29) is 5.60 Å². The van der Waals surface area contributed by atoms with Crippen LogP contribution in [0.5, 0.6) is 5.75 Å². The van der Waals surface area contributed by atoms with Gasteiger partial charge in [0, 0.05) is 11.6 Å². The van der Waals surface area contributed by atoms with Crippen LogP contribution in [0.1, 0.15) is 36.8 Å². The summed E-state index contributed by atoms with van der Waals surface area (Å²) in [5.74, 6) is 1.02. The highest BCUT2D eigenvalue weighted by atomic mass is 35.5. The van der Waals surface area contributed by atoms with E-state index < -0.39 is 0 Å². The molecule has 0 amide bonds. The number of fused-ring (bicyclic) bond motifs is 2. The number of benzene rings is 3. The van der Waals surface area contributed by atoms with Gasteiger partial charge in [0.05, 0.1) is 6.04 Å². The van der Waals surface area contributed by atoms with E-state index in [9.17, 15) is 0 Å². The van der Waals surface area contributed by atoms with Gasteiger partial charge in [-0.2, -0.15) is 0 Å². The summed E-state index contributed by atoms with van der Waals surface area (Å²) in [5, 5.41) is 7.26. The maximum atomic E-state index is 6.60. The van der Waals surface area contributed by atoms with Crippen LogP contribution in [0.25, 0.3) is 10.8 Å². The fourth-order valence-electron chi connectivity index (χ4n) is 4.87.